The summed E-state index contributed by atoms with van der Waals surface area (Å²) in [6.07, 6.45) is 0. The number of halogens is 1. The van der Waals surface area contributed by atoms with Crippen LogP contribution in [0.15, 0.2) is 22.6 Å². The van der Waals surface area contributed by atoms with Crippen molar-refractivity contribution in [1.82, 2.24) is 14.8 Å². The van der Waals surface area contributed by atoms with Gasteiger partial charge in [-0.15, -0.1) is 0 Å². The van der Waals surface area contributed by atoms with Gasteiger partial charge >= 0.3 is 0 Å². The minimum Gasteiger partial charge on any atom is -0.444 e. The smallest absolute Gasteiger partial charge is 0.287 e. The summed E-state index contributed by atoms with van der Waals surface area (Å²) in [6, 6.07) is 4.93. The molecule has 1 saturated heterocycles. The highest BCUT2D eigenvalue weighted by molar-refractivity contribution is 6.32. The van der Waals surface area contributed by atoms with Crippen LogP contribution < -0.4 is 0 Å². The zero-order chi connectivity index (χ0) is 18.0. The number of oxazole rings is 1. The maximum absolute atomic E-state index is 10.8. The quantitative estimate of drug-likeness (QED) is 0.599. The average Bonchev–Trinajstić information content (AvgIpc) is 2.87. The van der Waals surface area contributed by atoms with Crippen LogP contribution in [0.4, 0.5) is 5.69 Å². The van der Waals surface area contributed by atoms with Crippen LogP contribution in [0.3, 0.4) is 0 Å². The summed E-state index contributed by atoms with van der Waals surface area (Å²) in [7, 11) is 0. The molecule has 1 aliphatic rings. The van der Waals surface area contributed by atoms with Gasteiger partial charge in [-0.1, -0.05) is 17.7 Å². The second-order valence-corrected chi connectivity index (χ2v) is 6.75. The van der Waals surface area contributed by atoms with Gasteiger partial charge < -0.3 is 4.42 Å². The van der Waals surface area contributed by atoms with E-state index in [-0.39, 0.29) is 10.7 Å². The van der Waals surface area contributed by atoms with Crippen LogP contribution in [-0.4, -0.2) is 45.9 Å². The average molecular weight is 365 g/mol. The number of piperazine rings is 1. The molecule has 0 bridgehead atoms. The molecule has 1 fully saturated rings. The molecule has 1 aromatic heterocycles. The second kappa shape index (κ2) is 7.51. The van der Waals surface area contributed by atoms with E-state index < -0.39 is 4.92 Å². The van der Waals surface area contributed by atoms with E-state index in [9.17, 15) is 10.1 Å². The Morgan fingerprint density at radius 2 is 1.84 bits per heavy atom. The van der Waals surface area contributed by atoms with Crippen molar-refractivity contribution in [2.75, 3.05) is 26.2 Å². The Labute approximate surface area is 151 Å². The van der Waals surface area contributed by atoms with Gasteiger partial charge in [0.05, 0.1) is 17.2 Å². The van der Waals surface area contributed by atoms with E-state index in [0.29, 0.717) is 0 Å². The predicted octanol–water partition coefficient (Wildman–Crippen LogP) is 3.17. The number of nitrogens with zero attached hydrogens (tertiary/aromatic N) is 4. The molecule has 0 unspecified atom stereocenters. The molecule has 1 aliphatic heterocycles. The Hall–Kier alpha value is -1.96. The lowest BCUT2D eigenvalue weighted by atomic mass is 10.2. The van der Waals surface area contributed by atoms with E-state index in [1.165, 1.54) is 6.07 Å². The van der Waals surface area contributed by atoms with Crippen molar-refractivity contribution in [2.45, 2.75) is 26.9 Å². The number of aromatic nitrogens is 1. The molecule has 134 valence electrons. The Bertz CT molecular complexity index is 750. The molecular formula is C17H21ClN4O3. The Balaban J connectivity index is 1.52. The number of rotatable bonds is 5. The summed E-state index contributed by atoms with van der Waals surface area (Å²) in [5, 5.41) is 11.0. The third-order valence-corrected chi connectivity index (χ3v) is 4.81. The van der Waals surface area contributed by atoms with Crippen LogP contribution in [0.5, 0.6) is 0 Å². The van der Waals surface area contributed by atoms with E-state index in [2.05, 4.69) is 14.8 Å². The third-order valence-electron chi connectivity index (χ3n) is 4.51. The molecule has 0 N–H and O–H groups in total. The molecule has 3 rings (SSSR count). The molecule has 2 aromatic rings. The zero-order valence-electron chi connectivity index (χ0n) is 14.4. The van der Waals surface area contributed by atoms with Crippen LogP contribution in [0, 0.1) is 24.0 Å². The van der Waals surface area contributed by atoms with Crippen molar-refractivity contribution in [2.24, 2.45) is 0 Å². The largest absolute Gasteiger partial charge is 0.444 e. The zero-order valence-corrected chi connectivity index (χ0v) is 15.1. The predicted molar refractivity (Wildman–Crippen MR) is 94.6 cm³/mol. The molecule has 1 aromatic carbocycles. The lowest BCUT2D eigenvalue weighted by Gasteiger charge is -2.34. The highest BCUT2D eigenvalue weighted by atomic mass is 35.5. The molecule has 0 atom stereocenters. The van der Waals surface area contributed by atoms with Crippen molar-refractivity contribution in [3.63, 3.8) is 0 Å². The number of nitro groups is 1. The van der Waals surface area contributed by atoms with Gasteiger partial charge in [-0.05, 0) is 25.5 Å². The molecule has 2 heterocycles. The molecule has 7 nitrogen and oxygen atoms in total. The number of nitro benzene ring substituents is 1. The van der Waals surface area contributed by atoms with Gasteiger partial charge in [0.15, 0.2) is 0 Å². The maximum atomic E-state index is 10.8. The van der Waals surface area contributed by atoms with Gasteiger partial charge in [-0.2, -0.15) is 0 Å². The van der Waals surface area contributed by atoms with Crippen molar-refractivity contribution in [3.05, 3.63) is 56.2 Å². The van der Waals surface area contributed by atoms with Gasteiger partial charge in [0.2, 0.25) is 5.89 Å². The molecule has 8 heteroatoms. The number of benzene rings is 1. The molecule has 0 radical (unpaired) electrons. The normalized spacial score (nSPS) is 16.3. The molecule has 0 spiro atoms. The first-order chi connectivity index (χ1) is 11.9. The van der Waals surface area contributed by atoms with E-state index in [0.717, 1.165) is 62.2 Å². The highest BCUT2D eigenvalue weighted by Gasteiger charge is 2.20. The van der Waals surface area contributed by atoms with Crippen molar-refractivity contribution < 1.29 is 9.34 Å². The van der Waals surface area contributed by atoms with Crippen LogP contribution in [0.2, 0.25) is 5.02 Å². The first-order valence-corrected chi connectivity index (χ1v) is 8.60. The Morgan fingerprint density at radius 1 is 1.20 bits per heavy atom. The van der Waals surface area contributed by atoms with Crippen LogP contribution in [-0.2, 0) is 13.1 Å². The molecular weight excluding hydrogens is 344 g/mol. The van der Waals surface area contributed by atoms with E-state index >= 15 is 0 Å². The summed E-state index contributed by atoms with van der Waals surface area (Å²) in [4.78, 5) is 19.4. The minimum absolute atomic E-state index is 0.0493. The lowest BCUT2D eigenvalue weighted by Crippen LogP contribution is -2.45. The summed E-state index contributed by atoms with van der Waals surface area (Å²) in [5.41, 5.74) is 1.89. The van der Waals surface area contributed by atoms with Crippen LogP contribution in [0.1, 0.15) is 22.9 Å². The van der Waals surface area contributed by atoms with Crippen LogP contribution in [0.25, 0.3) is 0 Å². The molecule has 0 amide bonds. The summed E-state index contributed by atoms with van der Waals surface area (Å²) >= 11 is 5.98. The fourth-order valence-electron chi connectivity index (χ4n) is 2.96. The summed E-state index contributed by atoms with van der Waals surface area (Å²) in [6.45, 7) is 9.06. The number of aryl methyl sites for hydroxylation is 2. The summed E-state index contributed by atoms with van der Waals surface area (Å²) in [5.74, 6) is 1.65. The monoisotopic (exact) mass is 364 g/mol. The van der Waals surface area contributed by atoms with E-state index in [4.69, 9.17) is 16.0 Å². The van der Waals surface area contributed by atoms with Gasteiger partial charge in [0.1, 0.15) is 10.8 Å². The fourth-order valence-corrected chi connectivity index (χ4v) is 3.23. The first-order valence-electron chi connectivity index (χ1n) is 8.23. The SMILES string of the molecule is Cc1nc(CN2CCN(Cc3ccc([N+](=O)[O-])c(Cl)c3)CC2)oc1C. The van der Waals surface area contributed by atoms with Crippen molar-refractivity contribution >= 4 is 17.3 Å². The Morgan fingerprint density at radius 3 is 2.36 bits per heavy atom. The van der Waals surface area contributed by atoms with Crippen LogP contribution >= 0.6 is 11.6 Å². The van der Waals surface area contributed by atoms with Gasteiger partial charge in [-0.3, -0.25) is 19.9 Å². The Kier molecular flexibility index (Phi) is 5.36. The highest BCUT2D eigenvalue weighted by Crippen LogP contribution is 2.25. The summed E-state index contributed by atoms with van der Waals surface area (Å²) < 4.78 is 5.65. The minimum atomic E-state index is -0.461. The van der Waals surface area contributed by atoms with Crippen molar-refractivity contribution in [1.29, 1.82) is 0 Å². The van der Waals surface area contributed by atoms with Gasteiger partial charge in [-0.25, -0.2) is 4.98 Å². The molecule has 0 aliphatic carbocycles. The van der Waals surface area contributed by atoms with Gasteiger partial charge in [0, 0.05) is 38.8 Å². The van der Waals surface area contributed by atoms with Gasteiger partial charge in [0.25, 0.3) is 5.69 Å². The third kappa shape index (κ3) is 4.36. The molecule has 25 heavy (non-hydrogen) atoms. The number of hydrogen-bond acceptors (Lipinski definition) is 6. The maximum Gasteiger partial charge on any atom is 0.287 e. The standard InChI is InChI=1S/C17H21ClN4O3/c1-12-13(2)25-17(19-12)11-21-7-5-20(6-8-21)10-14-3-4-16(22(23)24)15(18)9-14/h3-4,9H,5-8,10-11H2,1-2H3. The fraction of sp³-hybridized carbons (Fsp3) is 0.471. The number of hydrogen-bond donors (Lipinski definition) is 0. The first kappa shape index (κ1) is 17.8. The molecule has 0 saturated carbocycles. The lowest BCUT2D eigenvalue weighted by molar-refractivity contribution is -0.384. The topological polar surface area (TPSA) is 75.7 Å². The van der Waals surface area contributed by atoms with E-state index in [1.54, 1.807) is 12.1 Å². The van der Waals surface area contributed by atoms with E-state index in [1.807, 2.05) is 13.8 Å². The second-order valence-electron chi connectivity index (χ2n) is 6.34. The van der Waals surface area contributed by atoms with Crippen molar-refractivity contribution in [3.8, 4) is 0 Å².